The van der Waals surface area contributed by atoms with Crippen LogP contribution in [0.4, 0.5) is 0 Å². The maximum Gasteiger partial charge on any atom is 0.268 e. The minimum atomic E-state index is -0.370. The summed E-state index contributed by atoms with van der Waals surface area (Å²) >= 11 is 7.15. The predicted octanol–water partition coefficient (Wildman–Crippen LogP) is 2.11. The maximum absolute atomic E-state index is 12.5. The molecule has 0 aliphatic rings. The molecule has 0 aromatic carbocycles. The summed E-state index contributed by atoms with van der Waals surface area (Å²) < 4.78 is 0. The fraction of sp³-hybridized carbons (Fsp3) is 0.188. The van der Waals surface area contributed by atoms with Gasteiger partial charge >= 0.3 is 0 Å². The van der Waals surface area contributed by atoms with Crippen LogP contribution in [0.5, 0.6) is 0 Å². The number of thiazole rings is 1. The summed E-state index contributed by atoms with van der Waals surface area (Å²) in [5.41, 5.74) is 7.56. The van der Waals surface area contributed by atoms with Crippen molar-refractivity contribution in [2.75, 3.05) is 6.54 Å². The molecule has 3 aromatic rings. The Hall–Kier alpha value is -2.26. The van der Waals surface area contributed by atoms with Crippen molar-refractivity contribution in [2.45, 2.75) is 12.6 Å². The second kappa shape index (κ2) is 7.75. The number of nitrogens with zero attached hydrogens (tertiary/aromatic N) is 2. The van der Waals surface area contributed by atoms with Crippen LogP contribution in [0.2, 0.25) is 5.02 Å². The quantitative estimate of drug-likeness (QED) is 0.525. The molecule has 0 aliphatic carbocycles. The minimum Gasteiger partial charge on any atom is -0.389 e. The zero-order valence-electron chi connectivity index (χ0n) is 13.1. The lowest BCUT2D eigenvalue weighted by molar-refractivity contribution is 0.0934. The van der Waals surface area contributed by atoms with Crippen molar-refractivity contribution in [3.8, 4) is 11.4 Å². The average molecular weight is 378 g/mol. The van der Waals surface area contributed by atoms with E-state index in [0.717, 1.165) is 4.88 Å². The molecule has 1 atom stereocenters. The van der Waals surface area contributed by atoms with Gasteiger partial charge in [-0.3, -0.25) is 9.78 Å². The van der Waals surface area contributed by atoms with Gasteiger partial charge in [0.05, 0.1) is 29.1 Å². The Morgan fingerprint density at radius 2 is 2.16 bits per heavy atom. The smallest absolute Gasteiger partial charge is 0.268 e. The molecule has 7 nitrogen and oxygen atoms in total. The number of pyridine rings is 1. The number of nitrogens with two attached hydrogens (primary N) is 1. The molecule has 5 N–H and O–H groups in total. The molecule has 0 saturated carbocycles. The summed E-state index contributed by atoms with van der Waals surface area (Å²) in [6.07, 6.45) is 3.16. The van der Waals surface area contributed by atoms with Gasteiger partial charge in [-0.15, -0.1) is 11.3 Å². The third-order valence-electron chi connectivity index (χ3n) is 3.53. The molecule has 130 valence electrons. The molecule has 0 aliphatic heterocycles. The summed E-state index contributed by atoms with van der Waals surface area (Å²) in [4.78, 5) is 24.6. The molecule has 0 saturated heterocycles. The molecule has 1 unspecified atom stereocenters. The Morgan fingerprint density at radius 3 is 2.80 bits per heavy atom. The van der Waals surface area contributed by atoms with Crippen LogP contribution in [0.3, 0.4) is 0 Å². The van der Waals surface area contributed by atoms with Gasteiger partial charge in [-0.05, 0) is 24.3 Å². The lowest BCUT2D eigenvalue weighted by Crippen LogP contribution is -2.33. The molecule has 3 heterocycles. The van der Waals surface area contributed by atoms with E-state index in [1.165, 1.54) is 11.3 Å². The fourth-order valence-electron chi connectivity index (χ4n) is 2.25. The first-order valence-corrected chi connectivity index (χ1v) is 8.67. The number of carbonyl (C=O) groups is 1. The number of halogens is 1. The Balaban J connectivity index is 1.73. The summed E-state index contributed by atoms with van der Waals surface area (Å²) in [7, 11) is 0. The van der Waals surface area contributed by atoms with E-state index in [4.69, 9.17) is 22.4 Å². The Labute approximate surface area is 152 Å². The second-order valence-electron chi connectivity index (χ2n) is 5.22. The van der Waals surface area contributed by atoms with E-state index in [9.17, 15) is 4.79 Å². The first-order valence-electron chi connectivity index (χ1n) is 7.48. The number of aromatic nitrogens is 3. The third kappa shape index (κ3) is 4.05. The normalized spacial score (nSPS) is 12.1. The lowest BCUT2D eigenvalue weighted by atomic mass is 10.2. The molecule has 25 heavy (non-hydrogen) atoms. The van der Waals surface area contributed by atoms with Crippen molar-refractivity contribution in [1.82, 2.24) is 20.3 Å². The predicted molar refractivity (Wildman–Crippen MR) is 96.3 cm³/mol. The van der Waals surface area contributed by atoms with Gasteiger partial charge in [-0.1, -0.05) is 11.6 Å². The van der Waals surface area contributed by atoms with Crippen LogP contribution in [0.15, 0.2) is 36.7 Å². The number of aliphatic hydroxyl groups is 1. The molecule has 0 spiro atoms. The van der Waals surface area contributed by atoms with Crippen molar-refractivity contribution in [2.24, 2.45) is 5.73 Å². The molecule has 1 amide bonds. The lowest BCUT2D eigenvalue weighted by Gasteiger charge is -2.14. The molecule has 9 heteroatoms. The number of H-pyrrole nitrogens is 1. The highest BCUT2D eigenvalue weighted by atomic mass is 35.5. The van der Waals surface area contributed by atoms with Gasteiger partial charge in [0.1, 0.15) is 10.7 Å². The summed E-state index contributed by atoms with van der Waals surface area (Å²) in [5.74, 6) is -0.283. The Morgan fingerprint density at radius 1 is 1.32 bits per heavy atom. The van der Waals surface area contributed by atoms with E-state index in [1.807, 2.05) is 0 Å². The van der Waals surface area contributed by atoms with E-state index in [0.29, 0.717) is 27.1 Å². The SMILES string of the molecule is NCC(NC(=O)c1ccc(-c2ccc(Cl)cn2)[nH]1)c1cnc(CO)s1. The van der Waals surface area contributed by atoms with Crippen molar-refractivity contribution in [3.05, 3.63) is 57.3 Å². The first-order chi connectivity index (χ1) is 12.1. The number of hydrogen-bond acceptors (Lipinski definition) is 6. The first kappa shape index (κ1) is 17.6. The number of aliphatic hydroxyl groups excluding tert-OH is 1. The van der Waals surface area contributed by atoms with Crippen molar-refractivity contribution in [1.29, 1.82) is 0 Å². The van der Waals surface area contributed by atoms with Crippen LogP contribution in [0, 0.1) is 0 Å². The average Bonchev–Trinajstić information content (AvgIpc) is 3.29. The van der Waals surface area contributed by atoms with Crippen LogP contribution in [0.1, 0.15) is 26.4 Å². The number of aromatic amines is 1. The number of hydrogen-bond donors (Lipinski definition) is 4. The molecule has 3 aromatic heterocycles. The van der Waals surface area contributed by atoms with Crippen molar-refractivity contribution in [3.63, 3.8) is 0 Å². The second-order valence-corrected chi connectivity index (χ2v) is 6.81. The molecule has 0 bridgehead atoms. The number of nitrogens with one attached hydrogen (secondary N) is 2. The maximum atomic E-state index is 12.5. The van der Waals surface area contributed by atoms with E-state index in [2.05, 4.69) is 20.3 Å². The highest BCUT2D eigenvalue weighted by molar-refractivity contribution is 7.11. The minimum absolute atomic E-state index is 0.135. The van der Waals surface area contributed by atoms with E-state index >= 15 is 0 Å². The number of amides is 1. The summed E-state index contributed by atoms with van der Waals surface area (Å²) in [6.45, 7) is 0.0924. The van der Waals surface area contributed by atoms with Crippen LogP contribution >= 0.6 is 22.9 Å². The van der Waals surface area contributed by atoms with E-state index < -0.39 is 0 Å². The van der Waals surface area contributed by atoms with Crippen molar-refractivity contribution < 1.29 is 9.90 Å². The van der Waals surface area contributed by atoms with Gasteiger partial charge in [0.2, 0.25) is 0 Å². The molecular weight excluding hydrogens is 362 g/mol. The third-order valence-corrected chi connectivity index (χ3v) is 4.84. The molecular formula is C16H16ClN5O2S. The topological polar surface area (TPSA) is 117 Å². The van der Waals surface area contributed by atoms with Gasteiger partial charge in [0.25, 0.3) is 5.91 Å². The van der Waals surface area contributed by atoms with Gasteiger partial charge in [-0.25, -0.2) is 4.98 Å². The standard InChI is InChI=1S/C16H16ClN5O2S/c17-9-1-2-10(19-6-9)11-3-4-12(21-11)16(24)22-13(5-18)14-7-20-15(8-23)25-14/h1-4,6-7,13,21,23H,5,8,18H2,(H,22,24). The number of carbonyl (C=O) groups excluding carboxylic acids is 1. The van der Waals surface area contributed by atoms with Crippen LogP contribution < -0.4 is 11.1 Å². The number of rotatable bonds is 6. The van der Waals surface area contributed by atoms with Gasteiger partial charge < -0.3 is 21.1 Å². The largest absolute Gasteiger partial charge is 0.389 e. The Kier molecular flexibility index (Phi) is 5.44. The zero-order chi connectivity index (χ0) is 17.8. The molecule has 3 rings (SSSR count). The highest BCUT2D eigenvalue weighted by Gasteiger charge is 2.18. The Bertz CT molecular complexity index is 862. The zero-order valence-corrected chi connectivity index (χ0v) is 14.6. The van der Waals surface area contributed by atoms with Crippen molar-refractivity contribution >= 4 is 28.8 Å². The van der Waals surface area contributed by atoms with Gasteiger partial charge in [0.15, 0.2) is 0 Å². The van der Waals surface area contributed by atoms with E-state index in [1.54, 1.807) is 36.7 Å². The summed E-state index contributed by atoms with van der Waals surface area (Å²) in [5, 5.41) is 13.1. The summed E-state index contributed by atoms with van der Waals surface area (Å²) in [6, 6.07) is 6.59. The van der Waals surface area contributed by atoms with Gasteiger partial charge in [0, 0.05) is 23.8 Å². The van der Waals surface area contributed by atoms with Crippen LogP contribution in [-0.4, -0.2) is 32.5 Å². The van der Waals surface area contributed by atoms with E-state index in [-0.39, 0.29) is 25.1 Å². The molecule has 0 radical (unpaired) electrons. The fourth-order valence-corrected chi connectivity index (χ4v) is 3.21. The molecule has 0 fully saturated rings. The highest BCUT2D eigenvalue weighted by Crippen LogP contribution is 2.22. The van der Waals surface area contributed by atoms with Gasteiger partial charge in [-0.2, -0.15) is 0 Å². The van der Waals surface area contributed by atoms with Crippen LogP contribution in [0.25, 0.3) is 11.4 Å². The van der Waals surface area contributed by atoms with Crippen LogP contribution in [-0.2, 0) is 6.61 Å². The monoisotopic (exact) mass is 377 g/mol.